The minimum absolute atomic E-state index is 0.0252. The second kappa shape index (κ2) is 8.62. The van der Waals surface area contributed by atoms with E-state index in [-0.39, 0.29) is 25.0 Å². The third-order valence-electron chi connectivity index (χ3n) is 4.68. The first-order chi connectivity index (χ1) is 13.1. The van der Waals surface area contributed by atoms with Crippen LogP contribution in [0.4, 0.5) is 0 Å². The summed E-state index contributed by atoms with van der Waals surface area (Å²) in [6, 6.07) is 14.1. The predicted molar refractivity (Wildman–Crippen MR) is 102 cm³/mol. The van der Waals surface area contributed by atoms with Crippen LogP contribution in [0, 0.1) is 0 Å². The van der Waals surface area contributed by atoms with Crippen molar-refractivity contribution >= 4 is 17.8 Å². The Balaban J connectivity index is 1.50. The van der Waals surface area contributed by atoms with Crippen LogP contribution in [-0.2, 0) is 11.2 Å². The van der Waals surface area contributed by atoms with Gasteiger partial charge in [-0.3, -0.25) is 14.5 Å². The number of esters is 1. The van der Waals surface area contributed by atoms with Gasteiger partial charge in [-0.25, -0.2) is 4.79 Å². The molecule has 5 heteroatoms. The quantitative estimate of drug-likeness (QED) is 0.405. The zero-order valence-electron chi connectivity index (χ0n) is 15.4. The van der Waals surface area contributed by atoms with Gasteiger partial charge < -0.3 is 4.74 Å². The number of rotatable bonds is 8. The largest absolute Gasteiger partial charge is 0.460 e. The monoisotopic (exact) mass is 365 g/mol. The van der Waals surface area contributed by atoms with Crippen LogP contribution in [0.15, 0.2) is 48.5 Å². The molecule has 0 radical (unpaired) electrons. The van der Waals surface area contributed by atoms with Gasteiger partial charge in [0, 0.05) is 0 Å². The Morgan fingerprint density at radius 1 is 0.926 bits per heavy atom. The normalized spacial score (nSPS) is 13.0. The number of carbonyl (C=O) groups excluding carboxylic acids is 3. The summed E-state index contributed by atoms with van der Waals surface area (Å²) in [5.41, 5.74) is 2.46. The van der Waals surface area contributed by atoms with Crippen molar-refractivity contribution in [1.29, 1.82) is 0 Å². The van der Waals surface area contributed by atoms with Gasteiger partial charge in [0.15, 0.2) is 0 Å². The Hall–Kier alpha value is -2.95. The van der Waals surface area contributed by atoms with Gasteiger partial charge in [-0.15, -0.1) is 0 Å². The number of amides is 2. The molecule has 0 saturated heterocycles. The molecule has 0 atom stereocenters. The van der Waals surface area contributed by atoms with E-state index < -0.39 is 5.97 Å². The molecular weight excluding hydrogens is 342 g/mol. The van der Waals surface area contributed by atoms with E-state index in [2.05, 4.69) is 6.92 Å². The number of unbranched alkanes of at least 4 members (excludes halogenated alkanes) is 2. The molecule has 0 fully saturated rings. The molecular formula is C22H23NO4. The summed E-state index contributed by atoms with van der Waals surface area (Å²) in [7, 11) is 0. The molecule has 0 aromatic heterocycles. The second-order valence-corrected chi connectivity index (χ2v) is 6.60. The van der Waals surface area contributed by atoms with Gasteiger partial charge >= 0.3 is 5.97 Å². The van der Waals surface area contributed by atoms with E-state index in [1.165, 1.54) is 18.4 Å². The maximum Gasteiger partial charge on any atom is 0.338 e. The predicted octanol–water partition coefficient (Wildman–Crippen LogP) is 3.87. The molecule has 0 spiro atoms. The van der Waals surface area contributed by atoms with Crippen molar-refractivity contribution in [2.24, 2.45) is 0 Å². The van der Waals surface area contributed by atoms with Gasteiger partial charge in [-0.2, -0.15) is 0 Å². The highest BCUT2D eigenvalue weighted by Crippen LogP contribution is 2.22. The number of hydrogen-bond donors (Lipinski definition) is 0. The molecule has 2 aromatic carbocycles. The SMILES string of the molecule is CCCCCc1ccc(C(=O)OCCN2C(=O)c3ccccc3C2=O)cc1. The molecule has 5 nitrogen and oxygen atoms in total. The maximum absolute atomic E-state index is 12.3. The molecule has 0 saturated carbocycles. The number of fused-ring (bicyclic) bond motifs is 1. The molecule has 2 aromatic rings. The topological polar surface area (TPSA) is 63.7 Å². The molecule has 1 heterocycles. The highest BCUT2D eigenvalue weighted by atomic mass is 16.5. The van der Waals surface area contributed by atoms with Crippen molar-refractivity contribution < 1.29 is 19.1 Å². The van der Waals surface area contributed by atoms with Crippen molar-refractivity contribution in [3.8, 4) is 0 Å². The number of benzene rings is 2. The van der Waals surface area contributed by atoms with Crippen molar-refractivity contribution in [3.05, 3.63) is 70.8 Å². The highest BCUT2D eigenvalue weighted by Gasteiger charge is 2.34. The third-order valence-corrected chi connectivity index (χ3v) is 4.68. The summed E-state index contributed by atoms with van der Waals surface area (Å²) < 4.78 is 5.24. The number of ether oxygens (including phenoxy) is 1. The van der Waals surface area contributed by atoms with E-state index in [0.29, 0.717) is 16.7 Å². The van der Waals surface area contributed by atoms with Crippen LogP contribution in [0.2, 0.25) is 0 Å². The summed E-state index contributed by atoms with van der Waals surface area (Å²) in [5, 5.41) is 0. The van der Waals surface area contributed by atoms with Crippen molar-refractivity contribution in [2.75, 3.05) is 13.2 Å². The summed E-state index contributed by atoms with van der Waals surface area (Å²) in [5.74, 6) is -1.14. The van der Waals surface area contributed by atoms with Crippen LogP contribution < -0.4 is 0 Å². The third kappa shape index (κ3) is 4.25. The fourth-order valence-electron chi connectivity index (χ4n) is 3.14. The van der Waals surface area contributed by atoms with Crippen LogP contribution in [0.3, 0.4) is 0 Å². The van der Waals surface area contributed by atoms with Crippen LogP contribution in [0.5, 0.6) is 0 Å². The number of carbonyl (C=O) groups is 3. The van der Waals surface area contributed by atoms with Crippen LogP contribution in [-0.4, -0.2) is 35.8 Å². The fourth-order valence-corrected chi connectivity index (χ4v) is 3.14. The average molecular weight is 365 g/mol. The average Bonchev–Trinajstić information content (AvgIpc) is 2.94. The van der Waals surface area contributed by atoms with E-state index >= 15 is 0 Å². The molecule has 1 aliphatic heterocycles. The lowest BCUT2D eigenvalue weighted by Gasteiger charge is -2.13. The van der Waals surface area contributed by atoms with E-state index in [1.807, 2.05) is 12.1 Å². The maximum atomic E-state index is 12.3. The smallest absolute Gasteiger partial charge is 0.338 e. The lowest BCUT2D eigenvalue weighted by molar-refractivity contribution is 0.0420. The molecule has 0 aliphatic carbocycles. The second-order valence-electron chi connectivity index (χ2n) is 6.60. The van der Waals surface area contributed by atoms with Crippen molar-refractivity contribution in [2.45, 2.75) is 32.6 Å². The zero-order chi connectivity index (χ0) is 19.2. The Bertz CT molecular complexity index is 807. The van der Waals surface area contributed by atoms with Gasteiger partial charge in [0.25, 0.3) is 11.8 Å². The molecule has 140 valence electrons. The van der Waals surface area contributed by atoms with Crippen molar-refractivity contribution in [3.63, 3.8) is 0 Å². The molecule has 0 bridgehead atoms. The van der Waals surface area contributed by atoms with Gasteiger partial charge in [0.05, 0.1) is 23.2 Å². The van der Waals surface area contributed by atoms with E-state index in [0.717, 1.165) is 17.7 Å². The van der Waals surface area contributed by atoms with E-state index in [9.17, 15) is 14.4 Å². The van der Waals surface area contributed by atoms with Crippen LogP contribution >= 0.6 is 0 Å². The number of hydrogen-bond acceptors (Lipinski definition) is 4. The Morgan fingerprint density at radius 3 is 2.15 bits per heavy atom. The Labute approximate surface area is 158 Å². The Kier molecular flexibility index (Phi) is 6.01. The molecule has 3 rings (SSSR count). The molecule has 1 aliphatic rings. The van der Waals surface area contributed by atoms with Gasteiger partial charge in [-0.05, 0) is 42.7 Å². The zero-order valence-corrected chi connectivity index (χ0v) is 15.4. The van der Waals surface area contributed by atoms with Crippen LogP contribution in [0.1, 0.15) is 62.8 Å². The van der Waals surface area contributed by atoms with Gasteiger partial charge in [0.1, 0.15) is 6.61 Å². The minimum Gasteiger partial charge on any atom is -0.460 e. The lowest BCUT2D eigenvalue weighted by atomic mass is 10.1. The number of nitrogens with zero attached hydrogens (tertiary/aromatic N) is 1. The molecule has 2 amide bonds. The number of aryl methyl sites for hydroxylation is 1. The first-order valence-corrected chi connectivity index (χ1v) is 9.33. The standard InChI is InChI=1S/C22H23NO4/c1-2-3-4-7-16-10-12-17(13-11-16)22(26)27-15-14-23-20(24)18-8-5-6-9-19(18)21(23)25/h5-6,8-13H,2-4,7,14-15H2,1H3. The minimum atomic E-state index is -0.452. The van der Waals surface area contributed by atoms with Gasteiger partial charge in [0.2, 0.25) is 0 Å². The van der Waals surface area contributed by atoms with E-state index in [1.54, 1.807) is 36.4 Å². The lowest BCUT2D eigenvalue weighted by Crippen LogP contribution is -2.33. The fraction of sp³-hybridized carbons (Fsp3) is 0.318. The first-order valence-electron chi connectivity index (χ1n) is 9.33. The number of imide groups is 1. The van der Waals surface area contributed by atoms with E-state index in [4.69, 9.17) is 4.74 Å². The summed E-state index contributed by atoms with van der Waals surface area (Å²) in [6.07, 6.45) is 4.52. The molecule has 27 heavy (non-hydrogen) atoms. The summed E-state index contributed by atoms with van der Waals surface area (Å²) >= 11 is 0. The van der Waals surface area contributed by atoms with Gasteiger partial charge in [-0.1, -0.05) is 44.0 Å². The summed E-state index contributed by atoms with van der Waals surface area (Å²) in [6.45, 7) is 2.19. The molecule has 0 N–H and O–H groups in total. The van der Waals surface area contributed by atoms with Crippen LogP contribution in [0.25, 0.3) is 0 Å². The first kappa shape index (κ1) is 18.8. The molecule has 0 unspecified atom stereocenters. The highest BCUT2D eigenvalue weighted by molar-refractivity contribution is 6.21. The van der Waals surface area contributed by atoms with Crippen molar-refractivity contribution in [1.82, 2.24) is 4.90 Å². The summed E-state index contributed by atoms with van der Waals surface area (Å²) in [4.78, 5) is 37.8. The Morgan fingerprint density at radius 2 is 1.56 bits per heavy atom.